The van der Waals surface area contributed by atoms with Gasteiger partial charge in [0.05, 0.1) is 12.8 Å². The van der Waals surface area contributed by atoms with E-state index in [9.17, 15) is 4.39 Å². The van der Waals surface area contributed by atoms with Gasteiger partial charge in [0.2, 0.25) is 0 Å². The minimum Gasteiger partial charge on any atom is -0.494 e. The van der Waals surface area contributed by atoms with Gasteiger partial charge in [0.25, 0.3) is 0 Å². The van der Waals surface area contributed by atoms with Crippen LogP contribution in [0, 0.1) is 5.82 Å². The number of ether oxygens (including phenoxy) is 2. The lowest BCUT2D eigenvalue weighted by atomic mass is 10.2. The summed E-state index contributed by atoms with van der Waals surface area (Å²) >= 11 is 0. The first-order valence-corrected chi connectivity index (χ1v) is 5.43. The molecule has 0 amide bonds. The van der Waals surface area contributed by atoms with Crippen LogP contribution in [0.15, 0.2) is 18.2 Å². The van der Waals surface area contributed by atoms with E-state index in [-0.39, 0.29) is 5.82 Å². The molecule has 0 radical (unpaired) electrons. The lowest BCUT2D eigenvalue weighted by molar-refractivity contribution is 0.147. The zero-order chi connectivity index (χ0) is 11.8. The summed E-state index contributed by atoms with van der Waals surface area (Å²) in [6.45, 7) is 4.21. The summed E-state index contributed by atoms with van der Waals surface area (Å²) in [5, 5.41) is 3.18. The van der Waals surface area contributed by atoms with Gasteiger partial charge < -0.3 is 14.8 Å². The van der Waals surface area contributed by atoms with E-state index in [1.807, 2.05) is 6.92 Å². The Morgan fingerprint density at radius 1 is 1.38 bits per heavy atom. The first-order chi connectivity index (χ1) is 7.77. The summed E-state index contributed by atoms with van der Waals surface area (Å²) in [6, 6.07) is 4.45. The van der Waals surface area contributed by atoms with Crippen molar-refractivity contribution in [2.75, 3.05) is 32.2 Å². The van der Waals surface area contributed by atoms with Crippen LogP contribution in [0.1, 0.15) is 13.3 Å². The van der Waals surface area contributed by atoms with Crippen LogP contribution in [0.25, 0.3) is 0 Å². The van der Waals surface area contributed by atoms with Crippen molar-refractivity contribution in [1.29, 1.82) is 0 Å². The molecule has 0 aliphatic carbocycles. The maximum Gasteiger partial charge on any atom is 0.144 e. The molecular formula is C12H18FNO2. The molecule has 0 heterocycles. The van der Waals surface area contributed by atoms with E-state index >= 15 is 0 Å². The molecule has 3 nitrogen and oxygen atoms in total. The zero-order valence-electron chi connectivity index (χ0n) is 9.75. The highest BCUT2D eigenvalue weighted by Gasteiger charge is 2.03. The molecule has 0 spiro atoms. The van der Waals surface area contributed by atoms with Crippen molar-refractivity contribution in [3.8, 4) is 5.75 Å². The second-order valence-electron chi connectivity index (χ2n) is 3.32. The molecule has 4 heteroatoms. The maximum absolute atomic E-state index is 12.9. The molecule has 0 unspecified atom stereocenters. The summed E-state index contributed by atoms with van der Waals surface area (Å²) in [4.78, 5) is 0. The molecule has 1 aromatic rings. The van der Waals surface area contributed by atoms with E-state index in [2.05, 4.69) is 5.32 Å². The molecular weight excluding hydrogens is 209 g/mol. The molecule has 0 aromatic heterocycles. The molecule has 0 aliphatic heterocycles. The van der Waals surface area contributed by atoms with Gasteiger partial charge in [0, 0.05) is 25.8 Å². The minimum atomic E-state index is -0.295. The number of methoxy groups -OCH3 is 1. The number of nitrogens with one attached hydrogen (secondary N) is 1. The average molecular weight is 227 g/mol. The fourth-order valence-corrected chi connectivity index (χ4v) is 1.35. The molecule has 0 bridgehead atoms. The first kappa shape index (κ1) is 12.8. The van der Waals surface area contributed by atoms with Crippen LogP contribution in [0.4, 0.5) is 10.1 Å². The number of benzene rings is 1. The second kappa shape index (κ2) is 7.06. The van der Waals surface area contributed by atoms with Gasteiger partial charge in [0.1, 0.15) is 11.6 Å². The number of anilines is 1. The average Bonchev–Trinajstić information content (AvgIpc) is 2.30. The van der Waals surface area contributed by atoms with Crippen LogP contribution in [-0.2, 0) is 4.74 Å². The van der Waals surface area contributed by atoms with Gasteiger partial charge in [-0.1, -0.05) is 0 Å². The first-order valence-electron chi connectivity index (χ1n) is 5.43. The number of hydrogen-bond donors (Lipinski definition) is 1. The van der Waals surface area contributed by atoms with Gasteiger partial charge in [-0.3, -0.25) is 0 Å². The van der Waals surface area contributed by atoms with Crippen LogP contribution in [0.3, 0.4) is 0 Å². The van der Waals surface area contributed by atoms with Crippen LogP contribution >= 0.6 is 0 Å². The van der Waals surface area contributed by atoms with Crippen LogP contribution in [0.2, 0.25) is 0 Å². The quantitative estimate of drug-likeness (QED) is 0.726. The van der Waals surface area contributed by atoms with Crippen molar-refractivity contribution in [2.45, 2.75) is 13.3 Å². The summed E-state index contributed by atoms with van der Waals surface area (Å²) in [5.74, 6) is 0.230. The fourth-order valence-electron chi connectivity index (χ4n) is 1.35. The van der Waals surface area contributed by atoms with Gasteiger partial charge in [0.15, 0.2) is 0 Å². The van der Waals surface area contributed by atoms with Gasteiger partial charge in [-0.15, -0.1) is 0 Å². The Labute approximate surface area is 95.6 Å². The van der Waals surface area contributed by atoms with E-state index in [0.29, 0.717) is 5.75 Å². The highest BCUT2D eigenvalue weighted by Crippen LogP contribution is 2.24. The van der Waals surface area contributed by atoms with Crippen molar-refractivity contribution >= 4 is 5.69 Å². The van der Waals surface area contributed by atoms with Crippen molar-refractivity contribution in [3.63, 3.8) is 0 Å². The highest BCUT2D eigenvalue weighted by atomic mass is 19.1. The summed E-state index contributed by atoms with van der Waals surface area (Å²) in [7, 11) is 1.53. The molecule has 1 rings (SSSR count). The molecule has 0 saturated carbocycles. The smallest absolute Gasteiger partial charge is 0.144 e. The molecule has 0 atom stereocenters. The molecule has 1 N–H and O–H groups in total. The van der Waals surface area contributed by atoms with Gasteiger partial charge in [-0.2, -0.15) is 0 Å². The third-order valence-corrected chi connectivity index (χ3v) is 2.15. The highest BCUT2D eigenvalue weighted by molar-refractivity contribution is 5.56. The Bertz CT molecular complexity index is 318. The van der Waals surface area contributed by atoms with Crippen LogP contribution in [-0.4, -0.2) is 26.9 Å². The number of hydrogen-bond acceptors (Lipinski definition) is 3. The van der Waals surface area contributed by atoms with Crippen molar-refractivity contribution in [2.24, 2.45) is 0 Å². The van der Waals surface area contributed by atoms with E-state index in [1.165, 1.54) is 19.2 Å². The SMILES string of the molecule is CCOCCCNc1ccc(F)cc1OC. The standard InChI is InChI=1S/C12H18FNO2/c1-3-16-8-4-7-14-11-6-5-10(13)9-12(11)15-2/h5-6,9,14H,3-4,7-8H2,1-2H3. The van der Waals surface area contributed by atoms with E-state index in [1.54, 1.807) is 6.07 Å². The van der Waals surface area contributed by atoms with E-state index in [0.717, 1.165) is 31.9 Å². The van der Waals surface area contributed by atoms with E-state index < -0.39 is 0 Å². The Hall–Kier alpha value is -1.29. The zero-order valence-corrected chi connectivity index (χ0v) is 9.75. The van der Waals surface area contributed by atoms with Crippen LogP contribution < -0.4 is 10.1 Å². The van der Waals surface area contributed by atoms with Crippen molar-refractivity contribution in [1.82, 2.24) is 0 Å². The minimum absolute atomic E-state index is 0.295. The maximum atomic E-state index is 12.9. The molecule has 1 aromatic carbocycles. The number of halogens is 1. The molecule has 16 heavy (non-hydrogen) atoms. The van der Waals surface area contributed by atoms with Gasteiger partial charge in [-0.05, 0) is 25.5 Å². The second-order valence-corrected chi connectivity index (χ2v) is 3.32. The topological polar surface area (TPSA) is 30.5 Å². The Kier molecular flexibility index (Phi) is 5.64. The monoisotopic (exact) mass is 227 g/mol. The molecule has 90 valence electrons. The van der Waals surface area contributed by atoms with Gasteiger partial charge >= 0.3 is 0 Å². The third-order valence-electron chi connectivity index (χ3n) is 2.15. The number of rotatable bonds is 7. The predicted octanol–water partition coefficient (Wildman–Crippen LogP) is 2.67. The van der Waals surface area contributed by atoms with Crippen LogP contribution in [0.5, 0.6) is 5.75 Å². The summed E-state index contributed by atoms with van der Waals surface area (Å²) < 4.78 is 23.2. The Morgan fingerprint density at radius 3 is 2.88 bits per heavy atom. The van der Waals surface area contributed by atoms with Gasteiger partial charge in [-0.25, -0.2) is 4.39 Å². The largest absolute Gasteiger partial charge is 0.494 e. The summed E-state index contributed by atoms with van der Waals surface area (Å²) in [6.07, 6.45) is 0.911. The van der Waals surface area contributed by atoms with Crippen molar-refractivity contribution < 1.29 is 13.9 Å². The Morgan fingerprint density at radius 2 is 2.19 bits per heavy atom. The lowest BCUT2D eigenvalue weighted by Gasteiger charge is -2.10. The molecule has 0 saturated heterocycles. The fraction of sp³-hybridized carbons (Fsp3) is 0.500. The predicted molar refractivity (Wildman–Crippen MR) is 62.6 cm³/mol. The normalized spacial score (nSPS) is 10.2. The third kappa shape index (κ3) is 4.06. The molecule has 0 aliphatic rings. The van der Waals surface area contributed by atoms with E-state index in [4.69, 9.17) is 9.47 Å². The molecule has 0 fully saturated rings. The van der Waals surface area contributed by atoms with Crippen molar-refractivity contribution in [3.05, 3.63) is 24.0 Å². The summed E-state index contributed by atoms with van der Waals surface area (Å²) in [5.41, 5.74) is 0.806. The Balaban J connectivity index is 2.41. The lowest BCUT2D eigenvalue weighted by Crippen LogP contribution is -2.06.